The highest BCUT2D eigenvalue weighted by atomic mass is 19.4. The molecular weight excluding hydrogens is 335 g/mol. The van der Waals surface area contributed by atoms with Gasteiger partial charge in [0, 0.05) is 13.1 Å². The lowest BCUT2D eigenvalue weighted by Crippen LogP contribution is -2.41. The molecule has 0 unspecified atom stereocenters. The molecule has 4 nitrogen and oxygen atoms in total. The van der Waals surface area contributed by atoms with Crippen molar-refractivity contribution in [2.75, 3.05) is 20.2 Å². The molecule has 1 heterocycles. The maximum absolute atomic E-state index is 12.8. The van der Waals surface area contributed by atoms with Crippen LogP contribution < -0.4 is 4.74 Å². The number of benzene rings is 1. The van der Waals surface area contributed by atoms with E-state index in [1.807, 2.05) is 20.8 Å². The van der Waals surface area contributed by atoms with Crippen LogP contribution in [-0.4, -0.2) is 36.8 Å². The van der Waals surface area contributed by atoms with E-state index in [9.17, 15) is 18.0 Å². The third-order valence-electron chi connectivity index (χ3n) is 4.15. The lowest BCUT2D eigenvalue weighted by atomic mass is 9.88. The molecule has 140 valence electrons. The molecule has 1 aromatic rings. The first kappa shape index (κ1) is 19.4. The van der Waals surface area contributed by atoms with Gasteiger partial charge >= 0.3 is 12.3 Å². The summed E-state index contributed by atoms with van der Waals surface area (Å²) in [5, 5.41) is 0. The van der Waals surface area contributed by atoms with Gasteiger partial charge in [-0.1, -0.05) is 6.07 Å². The van der Waals surface area contributed by atoms with Gasteiger partial charge in [-0.2, -0.15) is 13.2 Å². The van der Waals surface area contributed by atoms with Crippen molar-refractivity contribution in [1.82, 2.24) is 4.90 Å². The van der Waals surface area contributed by atoms with Crippen molar-refractivity contribution in [3.05, 3.63) is 29.3 Å². The van der Waals surface area contributed by atoms with Gasteiger partial charge in [-0.15, -0.1) is 0 Å². The normalized spacial score (nSPS) is 16.7. The third kappa shape index (κ3) is 5.03. The maximum Gasteiger partial charge on any atom is 0.416 e. The van der Waals surface area contributed by atoms with E-state index in [1.165, 1.54) is 13.2 Å². The van der Waals surface area contributed by atoms with Gasteiger partial charge in [0.2, 0.25) is 0 Å². The van der Waals surface area contributed by atoms with Crippen LogP contribution in [-0.2, 0) is 10.9 Å². The lowest BCUT2D eigenvalue weighted by Gasteiger charge is -2.34. The quantitative estimate of drug-likeness (QED) is 0.759. The third-order valence-corrected chi connectivity index (χ3v) is 4.15. The Morgan fingerprint density at radius 3 is 2.24 bits per heavy atom. The van der Waals surface area contributed by atoms with Gasteiger partial charge in [0.05, 0.1) is 12.7 Å². The van der Waals surface area contributed by atoms with Crippen LogP contribution in [0.25, 0.3) is 0 Å². The number of piperidine rings is 1. The van der Waals surface area contributed by atoms with Gasteiger partial charge in [0.25, 0.3) is 0 Å². The second-order valence-electron chi connectivity index (χ2n) is 7.20. The van der Waals surface area contributed by atoms with Gasteiger partial charge in [0.15, 0.2) is 0 Å². The summed E-state index contributed by atoms with van der Waals surface area (Å²) < 4.78 is 49.0. The van der Waals surface area contributed by atoms with E-state index in [-0.39, 0.29) is 17.8 Å². The predicted molar refractivity (Wildman–Crippen MR) is 87.8 cm³/mol. The summed E-state index contributed by atoms with van der Waals surface area (Å²) >= 11 is 0. The molecule has 0 spiro atoms. The Balaban J connectivity index is 2.07. The fraction of sp³-hybridized carbons (Fsp3) is 0.611. The summed E-state index contributed by atoms with van der Waals surface area (Å²) in [6, 6.07) is 3.60. The fourth-order valence-electron chi connectivity index (χ4n) is 2.92. The van der Waals surface area contributed by atoms with Crippen molar-refractivity contribution in [1.29, 1.82) is 0 Å². The van der Waals surface area contributed by atoms with Crippen LogP contribution in [0.1, 0.15) is 50.7 Å². The van der Waals surface area contributed by atoms with Crippen LogP contribution >= 0.6 is 0 Å². The molecule has 25 heavy (non-hydrogen) atoms. The minimum atomic E-state index is -4.40. The second-order valence-corrected chi connectivity index (χ2v) is 7.20. The van der Waals surface area contributed by atoms with Crippen molar-refractivity contribution in [3.63, 3.8) is 0 Å². The first-order chi connectivity index (χ1) is 11.5. The van der Waals surface area contributed by atoms with Gasteiger partial charge in [-0.3, -0.25) is 0 Å². The number of nitrogens with zero attached hydrogens (tertiary/aromatic N) is 1. The lowest BCUT2D eigenvalue weighted by molar-refractivity contribution is -0.137. The molecule has 0 saturated carbocycles. The molecule has 0 N–H and O–H groups in total. The molecule has 1 aromatic carbocycles. The predicted octanol–water partition coefficient (Wildman–Crippen LogP) is 4.83. The molecule has 0 atom stereocenters. The summed E-state index contributed by atoms with van der Waals surface area (Å²) in [6.07, 6.45) is -3.45. The maximum atomic E-state index is 12.8. The molecule has 1 aliphatic heterocycles. The number of alkyl halides is 3. The number of carbonyl (C=O) groups is 1. The number of hydrogen-bond acceptors (Lipinski definition) is 3. The summed E-state index contributed by atoms with van der Waals surface area (Å²) in [4.78, 5) is 13.7. The minimum Gasteiger partial charge on any atom is -0.496 e. The van der Waals surface area contributed by atoms with Gasteiger partial charge in [-0.05, 0) is 57.2 Å². The summed E-state index contributed by atoms with van der Waals surface area (Å²) in [7, 11) is 1.37. The number of ether oxygens (including phenoxy) is 2. The average molecular weight is 359 g/mol. The second kappa shape index (κ2) is 7.14. The van der Waals surface area contributed by atoms with Gasteiger partial charge in [-0.25, -0.2) is 4.79 Å². The highest BCUT2D eigenvalue weighted by Gasteiger charge is 2.33. The monoisotopic (exact) mass is 359 g/mol. The van der Waals surface area contributed by atoms with Crippen molar-refractivity contribution < 1.29 is 27.4 Å². The highest BCUT2D eigenvalue weighted by Crippen LogP contribution is 2.38. The Kier molecular flexibility index (Phi) is 5.54. The molecular formula is C18H24F3NO3. The fourth-order valence-corrected chi connectivity index (χ4v) is 2.92. The number of halogens is 3. The molecule has 1 saturated heterocycles. The van der Waals surface area contributed by atoms with Crippen molar-refractivity contribution in [3.8, 4) is 5.75 Å². The molecule has 1 fully saturated rings. The van der Waals surface area contributed by atoms with Gasteiger partial charge < -0.3 is 14.4 Å². The standard InChI is InChI=1S/C18H24F3NO3/c1-17(2,3)25-16(23)22-9-7-12(8-10-22)14-6-5-13(18(19,20)21)11-15(14)24-4/h5-6,11-12H,7-10H2,1-4H3. The Labute approximate surface area is 145 Å². The van der Waals surface area contributed by atoms with Crippen molar-refractivity contribution in [2.24, 2.45) is 0 Å². The van der Waals surface area contributed by atoms with Gasteiger partial charge in [0.1, 0.15) is 11.4 Å². The number of methoxy groups -OCH3 is 1. The van der Waals surface area contributed by atoms with Crippen LogP contribution in [0.3, 0.4) is 0 Å². The highest BCUT2D eigenvalue weighted by molar-refractivity contribution is 5.68. The summed E-state index contributed by atoms with van der Waals surface area (Å²) in [6.45, 7) is 6.44. The van der Waals surface area contributed by atoms with E-state index in [2.05, 4.69) is 0 Å². The zero-order valence-electron chi connectivity index (χ0n) is 14.9. The SMILES string of the molecule is COc1cc(C(F)(F)F)ccc1C1CCN(C(=O)OC(C)(C)C)CC1. The van der Waals surface area contributed by atoms with E-state index < -0.39 is 17.3 Å². The molecule has 0 radical (unpaired) electrons. The van der Waals surface area contributed by atoms with Crippen molar-refractivity contribution >= 4 is 6.09 Å². The average Bonchev–Trinajstić information content (AvgIpc) is 2.52. The molecule has 1 aliphatic rings. The molecule has 0 aromatic heterocycles. The van der Waals surface area contributed by atoms with E-state index in [0.717, 1.165) is 17.7 Å². The first-order valence-corrected chi connectivity index (χ1v) is 8.24. The number of amides is 1. The zero-order valence-corrected chi connectivity index (χ0v) is 14.9. The Hall–Kier alpha value is -1.92. The number of hydrogen-bond donors (Lipinski definition) is 0. The first-order valence-electron chi connectivity index (χ1n) is 8.24. The minimum absolute atomic E-state index is 0.0518. The van der Waals surface area contributed by atoms with Crippen LogP contribution in [0.15, 0.2) is 18.2 Å². The van der Waals surface area contributed by atoms with E-state index in [4.69, 9.17) is 9.47 Å². The number of likely N-dealkylation sites (tertiary alicyclic amines) is 1. The largest absolute Gasteiger partial charge is 0.496 e. The molecule has 0 aliphatic carbocycles. The van der Waals surface area contributed by atoms with Crippen LogP contribution in [0.5, 0.6) is 5.75 Å². The Morgan fingerprint density at radius 2 is 1.76 bits per heavy atom. The number of rotatable bonds is 2. The molecule has 0 bridgehead atoms. The Bertz CT molecular complexity index is 615. The van der Waals surface area contributed by atoms with Crippen LogP contribution in [0.4, 0.5) is 18.0 Å². The van der Waals surface area contributed by atoms with E-state index in [1.54, 1.807) is 4.90 Å². The molecule has 7 heteroatoms. The van der Waals surface area contributed by atoms with Crippen LogP contribution in [0, 0.1) is 0 Å². The van der Waals surface area contributed by atoms with Crippen molar-refractivity contribution in [2.45, 2.75) is 51.3 Å². The number of carbonyl (C=O) groups excluding carboxylic acids is 1. The van der Waals surface area contributed by atoms with E-state index >= 15 is 0 Å². The zero-order chi connectivity index (χ0) is 18.8. The van der Waals surface area contributed by atoms with E-state index in [0.29, 0.717) is 25.9 Å². The summed E-state index contributed by atoms with van der Waals surface area (Å²) in [5.74, 6) is 0.293. The summed E-state index contributed by atoms with van der Waals surface area (Å²) in [5.41, 5.74) is -0.525. The smallest absolute Gasteiger partial charge is 0.416 e. The topological polar surface area (TPSA) is 38.8 Å². The molecule has 1 amide bonds. The molecule has 2 rings (SSSR count). The van der Waals surface area contributed by atoms with Crippen LogP contribution in [0.2, 0.25) is 0 Å². The Morgan fingerprint density at radius 1 is 1.16 bits per heavy atom.